The van der Waals surface area contributed by atoms with Crippen molar-refractivity contribution in [3.63, 3.8) is 0 Å². The first kappa shape index (κ1) is 15.9. The fraction of sp³-hybridized carbons (Fsp3) is 0.0909. The summed E-state index contributed by atoms with van der Waals surface area (Å²) in [6.07, 6.45) is 0. The zero-order valence-electron chi connectivity index (χ0n) is 13.5. The van der Waals surface area contributed by atoms with Crippen LogP contribution in [0, 0.1) is 23.6 Å². The van der Waals surface area contributed by atoms with Crippen LogP contribution in [0.5, 0.6) is 0 Å². The zero-order chi connectivity index (χ0) is 16.1. The summed E-state index contributed by atoms with van der Waals surface area (Å²) in [6, 6.07) is 28.1. The van der Waals surface area contributed by atoms with E-state index in [4.69, 9.17) is 0 Å². The van der Waals surface area contributed by atoms with Gasteiger partial charge in [-0.25, -0.2) is 0 Å². The first-order chi connectivity index (χ1) is 11.2. The normalized spacial score (nSPS) is 10.2. The molecule has 3 aromatic carbocycles. The predicted octanol–water partition coefficient (Wildman–Crippen LogP) is 3.50. The summed E-state index contributed by atoms with van der Waals surface area (Å²) in [6.45, 7) is 4.26. The van der Waals surface area contributed by atoms with Gasteiger partial charge in [0, 0.05) is 0 Å². The molecule has 112 valence electrons. The Labute approximate surface area is 146 Å². The number of rotatable bonds is 2. The van der Waals surface area contributed by atoms with Gasteiger partial charge in [-0.05, 0) is 0 Å². The second-order valence-corrected chi connectivity index (χ2v) is 11.1. The van der Waals surface area contributed by atoms with Crippen molar-refractivity contribution in [2.24, 2.45) is 0 Å². The number of benzene rings is 3. The van der Waals surface area contributed by atoms with Gasteiger partial charge in [-0.1, -0.05) is 0 Å². The first-order valence-electron chi connectivity index (χ1n) is 7.72. The Morgan fingerprint density at radius 3 is 1.57 bits per heavy atom. The van der Waals surface area contributed by atoms with Crippen molar-refractivity contribution in [3.8, 4) is 9.79 Å². The van der Waals surface area contributed by atoms with E-state index in [9.17, 15) is 0 Å². The fourth-order valence-electron chi connectivity index (χ4n) is 2.31. The topological polar surface area (TPSA) is 0 Å². The summed E-state index contributed by atoms with van der Waals surface area (Å²) in [5, 5.41) is 0. The number of aryl methyl sites for hydroxylation is 2. The summed E-state index contributed by atoms with van der Waals surface area (Å²) < 4.78 is 6.49. The molecule has 3 rings (SSSR count). The number of hydrogen-bond donors (Lipinski definition) is 0. The maximum atomic E-state index is 3.64. The molecule has 0 aliphatic rings. The third kappa shape index (κ3) is 4.28. The van der Waals surface area contributed by atoms with E-state index in [0.29, 0.717) is 0 Å². The van der Waals surface area contributed by atoms with E-state index >= 15 is 0 Å². The van der Waals surface area contributed by atoms with Crippen LogP contribution in [-0.2, 0) is 0 Å². The second kappa shape index (κ2) is 7.54. The van der Waals surface area contributed by atoms with Crippen LogP contribution in [-0.4, -0.2) is 20.2 Å². The molecule has 0 unspecified atom stereocenters. The van der Waals surface area contributed by atoms with Gasteiger partial charge in [0.25, 0.3) is 0 Å². The van der Waals surface area contributed by atoms with Gasteiger partial charge in [0.05, 0.1) is 0 Å². The Morgan fingerprint density at radius 1 is 0.609 bits per heavy atom. The van der Waals surface area contributed by atoms with E-state index in [1.54, 1.807) is 0 Å². The van der Waals surface area contributed by atoms with E-state index in [-0.39, 0.29) is 0 Å². The predicted molar refractivity (Wildman–Crippen MR) is 101 cm³/mol. The van der Waals surface area contributed by atoms with Gasteiger partial charge in [-0.3, -0.25) is 0 Å². The van der Waals surface area contributed by atoms with Gasteiger partial charge >= 0.3 is 146 Å². The molecular weight excluding hydrogens is 386 g/mol. The third-order valence-corrected chi connectivity index (χ3v) is 9.28. The third-order valence-electron chi connectivity index (χ3n) is 3.67. The van der Waals surface area contributed by atoms with Crippen molar-refractivity contribution >= 4 is 27.2 Å². The molecule has 0 spiro atoms. The summed E-state index contributed by atoms with van der Waals surface area (Å²) >= 11 is -2.04. The standard InChI is InChI=1S/C8H5.2C7H7.Sb/c1-2-8-6-4-3-5-7-8;2*1-7-5-3-2-4-6-7;/h3-7H;2*3-6H,1H3;. The quantitative estimate of drug-likeness (QED) is 0.453. The molecule has 3 aromatic rings. The molecular formula is C22H19Sb. The van der Waals surface area contributed by atoms with Crippen molar-refractivity contribution in [2.45, 2.75) is 13.8 Å². The SMILES string of the molecule is Cc1cc[c]([Sb]([C]#Cc2ccccc2)[c]2ccc(C)cc2)cc1. The van der Waals surface area contributed by atoms with Gasteiger partial charge in [-0.2, -0.15) is 0 Å². The van der Waals surface area contributed by atoms with Gasteiger partial charge in [0.2, 0.25) is 0 Å². The van der Waals surface area contributed by atoms with Crippen molar-refractivity contribution in [1.82, 2.24) is 0 Å². The van der Waals surface area contributed by atoms with Gasteiger partial charge in [0.1, 0.15) is 0 Å². The van der Waals surface area contributed by atoms with Crippen LogP contribution in [0.3, 0.4) is 0 Å². The van der Waals surface area contributed by atoms with Crippen molar-refractivity contribution in [3.05, 3.63) is 95.6 Å². The van der Waals surface area contributed by atoms with Crippen LogP contribution in [0.15, 0.2) is 78.9 Å². The summed E-state index contributed by atoms with van der Waals surface area (Å²) in [4.78, 5) is 0. The summed E-state index contributed by atoms with van der Waals surface area (Å²) in [7, 11) is 0. The number of hydrogen-bond acceptors (Lipinski definition) is 0. The summed E-state index contributed by atoms with van der Waals surface area (Å²) in [5.41, 5.74) is 3.70. The van der Waals surface area contributed by atoms with Crippen LogP contribution in [0.1, 0.15) is 16.7 Å². The monoisotopic (exact) mass is 404 g/mol. The van der Waals surface area contributed by atoms with Gasteiger partial charge < -0.3 is 0 Å². The Kier molecular flexibility index (Phi) is 5.22. The van der Waals surface area contributed by atoms with Crippen LogP contribution in [0.2, 0.25) is 0 Å². The van der Waals surface area contributed by atoms with Crippen LogP contribution >= 0.6 is 0 Å². The van der Waals surface area contributed by atoms with Crippen molar-refractivity contribution in [2.75, 3.05) is 0 Å². The van der Waals surface area contributed by atoms with Crippen molar-refractivity contribution in [1.29, 1.82) is 0 Å². The Hall–Kier alpha value is -1.96. The first-order valence-corrected chi connectivity index (χ1v) is 11.6. The summed E-state index contributed by atoms with van der Waals surface area (Å²) in [5.74, 6) is 3.40. The van der Waals surface area contributed by atoms with E-state index in [1.807, 2.05) is 18.2 Å². The maximum absolute atomic E-state index is 3.64. The molecule has 0 aliphatic carbocycles. The molecule has 0 saturated carbocycles. The van der Waals surface area contributed by atoms with E-state index < -0.39 is 20.2 Å². The van der Waals surface area contributed by atoms with E-state index in [0.717, 1.165) is 5.56 Å². The molecule has 0 bridgehead atoms. The molecule has 0 radical (unpaired) electrons. The average molecular weight is 405 g/mol. The van der Waals surface area contributed by atoms with E-state index in [2.05, 4.69) is 84.3 Å². The van der Waals surface area contributed by atoms with Crippen LogP contribution in [0.4, 0.5) is 0 Å². The average Bonchev–Trinajstić information content (AvgIpc) is 2.59. The molecule has 0 aromatic heterocycles. The molecule has 0 atom stereocenters. The van der Waals surface area contributed by atoms with E-state index in [1.165, 1.54) is 18.1 Å². The van der Waals surface area contributed by atoms with Crippen LogP contribution in [0.25, 0.3) is 0 Å². The second-order valence-electron chi connectivity index (χ2n) is 5.61. The minimum atomic E-state index is -2.04. The van der Waals surface area contributed by atoms with Gasteiger partial charge in [0.15, 0.2) is 0 Å². The molecule has 0 aliphatic heterocycles. The molecule has 0 fully saturated rings. The molecule has 0 nitrogen and oxygen atoms in total. The Bertz CT molecular complexity index is 774. The molecule has 0 saturated heterocycles. The Morgan fingerprint density at radius 2 is 1.09 bits per heavy atom. The zero-order valence-corrected chi connectivity index (χ0v) is 16.0. The molecule has 0 amide bonds. The minimum absolute atomic E-state index is 1.10. The van der Waals surface area contributed by atoms with Crippen molar-refractivity contribution < 1.29 is 0 Å². The fourth-order valence-corrected chi connectivity index (χ4v) is 7.14. The molecule has 23 heavy (non-hydrogen) atoms. The van der Waals surface area contributed by atoms with Crippen LogP contribution < -0.4 is 7.02 Å². The molecule has 0 heterocycles. The molecule has 0 N–H and O–H groups in total. The molecule has 1 heteroatoms. The van der Waals surface area contributed by atoms with Gasteiger partial charge in [-0.15, -0.1) is 0 Å². The Balaban J connectivity index is 2.01.